The van der Waals surface area contributed by atoms with E-state index in [0.717, 1.165) is 0 Å². The van der Waals surface area contributed by atoms with Crippen molar-refractivity contribution in [3.63, 3.8) is 0 Å². The van der Waals surface area contributed by atoms with Crippen LogP contribution >= 0.6 is 0 Å². The Morgan fingerprint density at radius 2 is 1.70 bits per heavy atom. The minimum Gasteiger partial charge on any atom is -0.485 e. The summed E-state index contributed by atoms with van der Waals surface area (Å²) in [5.74, 6) is 0.475. The predicted octanol–water partition coefficient (Wildman–Crippen LogP) is 2.14. The second kappa shape index (κ2) is 9.13. The second-order valence-electron chi connectivity index (χ2n) is 7.31. The van der Waals surface area contributed by atoms with Crippen molar-refractivity contribution in [3.8, 4) is 11.5 Å². The Bertz CT molecular complexity index is 915. The van der Waals surface area contributed by atoms with Gasteiger partial charge >= 0.3 is 0 Å². The molecule has 2 aromatic carbocycles. The Morgan fingerprint density at radius 3 is 2.47 bits per heavy atom. The first kappa shape index (κ1) is 20.2. The van der Waals surface area contributed by atoms with E-state index in [1.807, 2.05) is 18.2 Å². The first-order valence-electron chi connectivity index (χ1n) is 10.0. The number of fused-ring (bicyclic) bond motifs is 1. The highest BCUT2D eigenvalue weighted by molar-refractivity contribution is 5.90. The standard InChI is InChI=1S/C22H24FN3O4/c23-16-5-1-2-6-17(16)24-21(27)9-10-25-11-13-26(14-12-25)22(28)20-15-29-18-7-3-4-8-19(18)30-20/h1-8,20H,9-15H2,(H,24,27)/t20-/m0/s1. The molecule has 1 N–H and O–H groups in total. The lowest BCUT2D eigenvalue weighted by Crippen LogP contribution is -2.54. The summed E-state index contributed by atoms with van der Waals surface area (Å²) in [6, 6.07) is 13.4. The fraction of sp³-hybridized carbons (Fsp3) is 0.364. The van der Waals surface area contributed by atoms with Crippen LogP contribution in [0.4, 0.5) is 10.1 Å². The van der Waals surface area contributed by atoms with Crippen molar-refractivity contribution in [2.75, 3.05) is 44.6 Å². The van der Waals surface area contributed by atoms with Crippen LogP contribution in [-0.4, -0.2) is 67.0 Å². The molecule has 30 heavy (non-hydrogen) atoms. The van der Waals surface area contributed by atoms with E-state index in [4.69, 9.17) is 9.47 Å². The van der Waals surface area contributed by atoms with Gasteiger partial charge in [-0.25, -0.2) is 4.39 Å². The zero-order valence-electron chi connectivity index (χ0n) is 16.6. The number of hydrogen-bond donors (Lipinski definition) is 1. The van der Waals surface area contributed by atoms with Crippen molar-refractivity contribution in [1.82, 2.24) is 9.80 Å². The number of nitrogens with zero attached hydrogens (tertiary/aromatic N) is 2. The molecule has 0 aromatic heterocycles. The molecular formula is C22H24FN3O4. The maximum atomic E-state index is 13.6. The molecule has 2 heterocycles. The molecule has 0 unspecified atom stereocenters. The van der Waals surface area contributed by atoms with Gasteiger partial charge in [0.2, 0.25) is 12.0 Å². The maximum absolute atomic E-state index is 13.6. The largest absolute Gasteiger partial charge is 0.485 e. The van der Waals surface area contributed by atoms with Gasteiger partial charge in [-0.1, -0.05) is 24.3 Å². The van der Waals surface area contributed by atoms with E-state index in [-0.39, 0.29) is 30.5 Å². The van der Waals surface area contributed by atoms with Gasteiger partial charge in [-0.15, -0.1) is 0 Å². The molecule has 2 amide bonds. The Hall–Kier alpha value is -3.13. The van der Waals surface area contributed by atoms with Crippen LogP contribution in [0, 0.1) is 5.82 Å². The second-order valence-corrected chi connectivity index (χ2v) is 7.31. The van der Waals surface area contributed by atoms with E-state index in [0.29, 0.717) is 44.2 Å². The van der Waals surface area contributed by atoms with Gasteiger partial charge in [0.05, 0.1) is 5.69 Å². The van der Waals surface area contributed by atoms with Crippen molar-refractivity contribution < 1.29 is 23.5 Å². The molecule has 2 aliphatic heterocycles. The van der Waals surface area contributed by atoms with Gasteiger partial charge in [-0.3, -0.25) is 14.5 Å². The molecule has 1 fully saturated rings. The minimum absolute atomic E-state index is 0.0820. The van der Waals surface area contributed by atoms with Crippen LogP contribution in [0.3, 0.4) is 0 Å². The molecule has 0 spiro atoms. The third-order valence-electron chi connectivity index (χ3n) is 5.27. The zero-order valence-corrected chi connectivity index (χ0v) is 16.6. The average Bonchev–Trinajstić information content (AvgIpc) is 2.79. The lowest BCUT2D eigenvalue weighted by Gasteiger charge is -2.37. The van der Waals surface area contributed by atoms with E-state index < -0.39 is 11.9 Å². The molecule has 2 aromatic rings. The molecule has 2 aliphatic rings. The van der Waals surface area contributed by atoms with E-state index in [2.05, 4.69) is 10.2 Å². The van der Waals surface area contributed by atoms with Crippen LogP contribution in [0.2, 0.25) is 0 Å². The molecule has 158 valence electrons. The van der Waals surface area contributed by atoms with Gasteiger partial charge in [0.15, 0.2) is 11.5 Å². The van der Waals surface area contributed by atoms with Gasteiger partial charge < -0.3 is 19.7 Å². The zero-order chi connectivity index (χ0) is 20.9. The van der Waals surface area contributed by atoms with Crippen molar-refractivity contribution in [1.29, 1.82) is 0 Å². The van der Waals surface area contributed by atoms with Gasteiger partial charge in [0.1, 0.15) is 12.4 Å². The lowest BCUT2D eigenvalue weighted by atomic mass is 10.2. The van der Waals surface area contributed by atoms with Crippen LogP contribution in [0.25, 0.3) is 0 Å². The van der Waals surface area contributed by atoms with Gasteiger partial charge in [-0.2, -0.15) is 0 Å². The number of carbonyl (C=O) groups is 2. The van der Waals surface area contributed by atoms with E-state index in [1.165, 1.54) is 12.1 Å². The van der Waals surface area contributed by atoms with E-state index in [1.54, 1.807) is 23.1 Å². The smallest absolute Gasteiger partial charge is 0.267 e. The molecule has 0 bridgehead atoms. The van der Waals surface area contributed by atoms with Crippen LogP contribution in [-0.2, 0) is 9.59 Å². The number of nitrogens with one attached hydrogen (secondary N) is 1. The predicted molar refractivity (Wildman–Crippen MR) is 109 cm³/mol. The highest BCUT2D eigenvalue weighted by atomic mass is 19.1. The summed E-state index contributed by atoms with van der Waals surface area (Å²) in [4.78, 5) is 28.8. The number of rotatable bonds is 5. The van der Waals surface area contributed by atoms with E-state index in [9.17, 15) is 14.0 Å². The van der Waals surface area contributed by atoms with Crippen molar-refractivity contribution >= 4 is 17.5 Å². The summed E-state index contributed by atoms with van der Waals surface area (Å²) >= 11 is 0. The van der Waals surface area contributed by atoms with Gasteiger partial charge in [-0.05, 0) is 24.3 Å². The molecule has 0 saturated carbocycles. The molecule has 0 radical (unpaired) electrons. The first-order valence-corrected chi connectivity index (χ1v) is 10.0. The summed E-state index contributed by atoms with van der Waals surface area (Å²) in [5, 5.41) is 2.59. The lowest BCUT2D eigenvalue weighted by molar-refractivity contribution is -0.143. The molecule has 7 nitrogen and oxygen atoms in total. The van der Waals surface area contributed by atoms with E-state index >= 15 is 0 Å². The number of para-hydroxylation sites is 3. The van der Waals surface area contributed by atoms with Crippen molar-refractivity contribution in [3.05, 3.63) is 54.3 Å². The molecule has 1 atom stereocenters. The van der Waals surface area contributed by atoms with Gasteiger partial charge in [0.25, 0.3) is 5.91 Å². The Labute approximate surface area is 174 Å². The third kappa shape index (κ3) is 4.71. The number of benzene rings is 2. The number of carbonyl (C=O) groups excluding carboxylic acids is 2. The van der Waals surface area contributed by atoms with Crippen molar-refractivity contribution in [2.45, 2.75) is 12.5 Å². The summed E-state index contributed by atoms with van der Waals surface area (Å²) in [6.07, 6.45) is -0.378. The van der Waals surface area contributed by atoms with Crippen LogP contribution in [0.5, 0.6) is 11.5 Å². The highest BCUT2D eigenvalue weighted by Gasteiger charge is 2.32. The molecule has 8 heteroatoms. The van der Waals surface area contributed by atoms with Crippen molar-refractivity contribution in [2.24, 2.45) is 0 Å². The highest BCUT2D eigenvalue weighted by Crippen LogP contribution is 2.31. The number of amides is 2. The number of hydrogen-bond acceptors (Lipinski definition) is 5. The third-order valence-corrected chi connectivity index (χ3v) is 5.27. The molecular weight excluding hydrogens is 389 g/mol. The fourth-order valence-electron chi connectivity index (χ4n) is 3.57. The van der Waals surface area contributed by atoms with Crippen LogP contribution in [0.15, 0.2) is 48.5 Å². The quantitative estimate of drug-likeness (QED) is 0.813. The SMILES string of the molecule is O=C(CCN1CCN(C(=O)[C@@H]2COc3ccccc3O2)CC1)Nc1ccccc1F. The molecule has 1 saturated heterocycles. The maximum Gasteiger partial charge on any atom is 0.267 e. The average molecular weight is 413 g/mol. The minimum atomic E-state index is -0.641. The molecule has 4 rings (SSSR count). The first-order chi connectivity index (χ1) is 14.6. The molecule has 0 aliphatic carbocycles. The van der Waals surface area contributed by atoms with Gasteiger partial charge in [0, 0.05) is 39.1 Å². The normalized spacial score (nSPS) is 18.7. The van der Waals surface area contributed by atoms with Crippen LogP contribution < -0.4 is 14.8 Å². The summed E-state index contributed by atoms with van der Waals surface area (Å²) in [6.45, 7) is 3.22. The van der Waals surface area contributed by atoms with Crippen LogP contribution in [0.1, 0.15) is 6.42 Å². The Kier molecular flexibility index (Phi) is 6.13. The summed E-state index contributed by atoms with van der Waals surface area (Å²) in [5.41, 5.74) is 0.189. The number of piperazine rings is 1. The summed E-state index contributed by atoms with van der Waals surface area (Å²) < 4.78 is 25.1. The number of ether oxygens (including phenoxy) is 2. The Morgan fingerprint density at radius 1 is 1.00 bits per heavy atom. The topological polar surface area (TPSA) is 71.1 Å². The monoisotopic (exact) mass is 413 g/mol. The fourth-order valence-corrected chi connectivity index (χ4v) is 3.57. The number of halogens is 1. The number of anilines is 1. The summed E-state index contributed by atoms with van der Waals surface area (Å²) in [7, 11) is 0. The Balaban J connectivity index is 1.21.